The van der Waals surface area contributed by atoms with Gasteiger partial charge in [0.2, 0.25) is 0 Å². The zero-order chi connectivity index (χ0) is 7.49. The predicted octanol–water partition coefficient (Wildman–Crippen LogP) is 1.38. The minimum atomic E-state index is -0.0982. The summed E-state index contributed by atoms with van der Waals surface area (Å²) in [6, 6.07) is 0. The molecule has 3 heteroatoms. The van der Waals surface area contributed by atoms with E-state index in [0.29, 0.717) is 11.7 Å². The highest BCUT2D eigenvalue weighted by Crippen LogP contribution is 2.05. The van der Waals surface area contributed by atoms with Crippen molar-refractivity contribution in [2.24, 2.45) is 10.7 Å². The Labute approximate surface area is 61.1 Å². The normalized spacial score (nSPS) is 14.0. The van der Waals surface area contributed by atoms with Crippen LogP contribution in [0.25, 0.3) is 0 Å². The van der Waals surface area contributed by atoms with Crippen molar-refractivity contribution in [3.8, 4) is 0 Å². The van der Waals surface area contributed by atoms with Crippen LogP contribution in [0.2, 0.25) is 0 Å². The Morgan fingerprint density at radius 1 is 1.56 bits per heavy atom. The van der Waals surface area contributed by atoms with Crippen molar-refractivity contribution in [2.75, 3.05) is 5.88 Å². The van der Waals surface area contributed by atoms with Crippen molar-refractivity contribution < 1.29 is 0 Å². The minimum Gasteiger partial charge on any atom is -0.386 e. The molecule has 0 saturated carbocycles. The Morgan fingerprint density at radius 2 is 2.00 bits per heavy atom. The van der Waals surface area contributed by atoms with Gasteiger partial charge >= 0.3 is 0 Å². The lowest BCUT2D eigenvalue weighted by molar-refractivity contribution is 0.583. The Kier molecular flexibility index (Phi) is 2.98. The van der Waals surface area contributed by atoms with Crippen molar-refractivity contribution in [3.05, 3.63) is 0 Å². The highest BCUT2D eigenvalue weighted by Gasteiger charge is 2.06. The van der Waals surface area contributed by atoms with Crippen LogP contribution in [-0.4, -0.2) is 17.3 Å². The van der Waals surface area contributed by atoms with Crippen LogP contribution in [0.3, 0.4) is 0 Å². The summed E-state index contributed by atoms with van der Waals surface area (Å²) in [7, 11) is 0. The second-order valence-electron chi connectivity index (χ2n) is 2.91. The quantitative estimate of drug-likeness (QED) is 0.341. The first kappa shape index (κ1) is 8.76. The zero-order valence-electron chi connectivity index (χ0n) is 6.11. The van der Waals surface area contributed by atoms with Gasteiger partial charge in [0.05, 0.1) is 11.4 Å². The van der Waals surface area contributed by atoms with Gasteiger partial charge < -0.3 is 5.73 Å². The maximum absolute atomic E-state index is 5.40. The molecular formula is C6H13ClN2. The first-order valence-electron chi connectivity index (χ1n) is 2.86. The molecule has 0 radical (unpaired) electrons. The highest BCUT2D eigenvalue weighted by atomic mass is 35.5. The SMILES string of the molecule is CC(C)(C)N=C(N)CCl. The summed E-state index contributed by atoms with van der Waals surface area (Å²) in [4.78, 5) is 4.09. The zero-order valence-corrected chi connectivity index (χ0v) is 6.87. The van der Waals surface area contributed by atoms with E-state index in [2.05, 4.69) is 4.99 Å². The third-order valence-electron chi connectivity index (χ3n) is 0.616. The molecule has 0 amide bonds. The molecular weight excluding hydrogens is 136 g/mol. The maximum atomic E-state index is 5.40. The first-order chi connectivity index (χ1) is 3.95. The van der Waals surface area contributed by atoms with Gasteiger partial charge in [-0.15, -0.1) is 11.6 Å². The number of halogens is 1. The van der Waals surface area contributed by atoms with E-state index in [1.165, 1.54) is 0 Å². The molecule has 0 atom stereocenters. The van der Waals surface area contributed by atoms with E-state index in [4.69, 9.17) is 17.3 Å². The molecule has 2 N–H and O–H groups in total. The Bertz CT molecular complexity index is 113. The average molecular weight is 149 g/mol. The summed E-state index contributed by atoms with van der Waals surface area (Å²) in [5.74, 6) is 0.821. The van der Waals surface area contributed by atoms with E-state index in [-0.39, 0.29) is 5.54 Å². The van der Waals surface area contributed by atoms with Crippen LogP contribution in [0, 0.1) is 0 Å². The lowest BCUT2D eigenvalue weighted by Gasteiger charge is -2.11. The number of amidine groups is 1. The Balaban J connectivity index is 3.95. The van der Waals surface area contributed by atoms with Crippen molar-refractivity contribution in [1.29, 1.82) is 0 Å². The van der Waals surface area contributed by atoms with Crippen LogP contribution in [0.4, 0.5) is 0 Å². The fourth-order valence-corrected chi connectivity index (χ4v) is 0.520. The van der Waals surface area contributed by atoms with Gasteiger partial charge in [0.15, 0.2) is 0 Å². The third kappa shape index (κ3) is 5.63. The molecule has 0 aliphatic heterocycles. The van der Waals surface area contributed by atoms with E-state index < -0.39 is 0 Å². The number of nitrogens with two attached hydrogens (primary N) is 1. The molecule has 0 saturated heterocycles. The molecule has 9 heavy (non-hydrogen) atoms. The van der Waals surface area contributed by atoms with E-state index in [9.17, 15) is 0 Å². The number of alkyl halides is 1. The molecule has 0 unspecified atom stereocenters. The molecule has 0 aromatic rings. The predicted molar refractivity (Wildman–Crippen MR) is 42.1 cm³/mol. The number of aliphatic imine (C=N–C) groups is 1. The number of rotatable bonds is 1. The van der Waals surface area contributed by atoms with Gasteiger partial charge in [-0.1, -0.05) is 0 Å². The third-order valence-corrected chi connectivity index (χ3v) is 0.890. The van der Waals surface area contributed by atoms with Gasteiger partial charge in [-0.3, -0.25) is 4.99 Å². The largest absolute Gasteiger partial charge is 0.386 e. The van der Waals surface area contributed by atoms with E-state index in [1.807, 2.05) is 20.8 Å². The standard InChI is InChI=1S/C6H13ClN2/c1-6(2,3)9-5(8)4-7/h4H2,1-3H3,(H2,8,9). The lowest BCUT2D eigenvalue weighted by atomic mass is 10.1. The summed E-state index contributed by atoms with van der Waals surface area (Å²) in [5.41, 5.74) is 5.28. The summed E-state index contributed by atoms with van der Waals surface area (Å²) >= 11 is 5.40. The Morgan fingerprint density at radius 3 is 2.11 bits per heavy atom. The van der Waals surface area contributed by atoms with Gasteiger partial charge in [-0.25, -0.2) is 0 Å². The van der Waals surface area contributed by atoms with Gasteiger partial charge in [0.25, 0.3) is 0 Å². The first-order valence-corrected chi connectivity index (χ1v) is 3.39. The van der Waals surface area contributed by atoms with Crippen molar-refractivity contribution >= 4 is 17.4 Å². The molecule has 54 valence electrons. The van der Waals surface area contributed by atoms with Crippen molar-refractivity contribution in [1.82, 2.24) is 0 Å². The van der Waals surface area contributed by atoms with Crippen LogP contribution in [-0.2, 0) is 0 Å². The second-order valence-corrected chi connectivity index (χ2v) is 3.17. The molecule has 0 aliphatic rings. The monoisotopic (exact) mass is 148 g/mol. The van der Waals surface area contributed by atoms with E-state index >= 15 is 0 Å². The smallest absolute Gasteiger partial charge is 0.109 e. The summed E-state index contributed by atoms with van der Waals surface area (Å²) in [5, 5.41) is 0. The van der Waals surface area contributed by atoms with Crippen molar-refractivity contribution in [3.63, 3.8) is 0 Å². The van der Waals surface area contributed by atoms with Crippen LogP contribution in [0.5, 0.6) is 0 Å². The van der Waals surface area contributed by atoms with Gasteiger partial charge in [-0.2, -0.15) is 0 Å². The second kappa shape index (κ2) is 3.06. The molecule has 0 spiro atoms. The van der Waals surface area contributed by atoms with Crippen LogP contribution in [0.1, 0.15) is 20.8 Å². The van der Waals surface area contributed by atoms with Gasteiger partial charge in [0.1, 0.15) is 5.84 Å². The topological polar surface area (TPSA) is 38.4 Å². The van der Waals surface area contributed by atoms with E-state index in [0.717, 1.165) is 0 Å². The molecule has 0 bridgehead atoms. The van der Waals surface area contributed by atoms with E-state index in [1.54, 1.807) is 0 Å². The molecule has 0 aromatic heterocycles. The number of hydrogen-bond acceptors (Lipinski definition) is 1. The molecule has 0 heterocycles. The number of hydrogen-bond donors (Lipinski definition) is 1. The Hall–Kier alpha value is -0.240. The molecule has 0 rings (SSSR count). The number of nitrogens with zero attached hydrogens (tertiary/aromatic N) is 1. The van der Waals surface area contributed by atoms with Crippen molar-refractivity contribution in [2.45, 2.75) is 26.3 Å². The molecule has 2 nitrogen and oxygen atoms in total. The van der Waals surface area contributed by atoms with Gasteiger partial charge in [-0.05, 0) is 20.8 Å². The fraction of sp³-hybridized carbons (Fsp3) is 0.833. The average Bonchev–Trinajstić information content (AvgIpc) is 1.62. The van der Waals surface area contributed by atoms with Crippen LogP contribution < -0.4 is 5.73 Å². The molecule has 0 aliphatic carbocycles. The minimum absolute atomic E-state index is 0.0982. The molecule has 0 aromatic carbocycles. The molecule has 0 fully saturated rings. The van der Waals surface area contributed by atoms with Gasteiger partial charge in [0, 0.05) is 0 Å². The summed E-state index contributed by atoms with van der Waals surface area (Å²) < 4.78 is 0. The van der Waals surface area contributed by atoms with Crippen LogP contribution in [0.15, 0.2) is 4.99 Å². The summed E-state index contributed by atoms with van der Waals surface area (Å²) in [6.45, 7) is 5.94. The maximum Gasteiger partial charge on any atom is 0.109 e. The summed E-state index contributed by atoms with van der Waals surface area (Å²) in [6.07, 6.45) is 0. The lowest BCUT2D eigenvalue weighted by Crippen LogP contribution is -2.21. The highest BCUT2D eigenvalue weighted by molar-refractivity contribution is 6.28. The van der Waals surface area contributed by atoms with Crippen LogP contribution >= 0.6 is 11.6 Å². The fourth-order valence-electron chi connectivity index (χ4n) is 0.461.